The largest absolute Gasteiger partial charge is 0.457 e. The van der Waals surface area contributed by atoms with Crippen LogP contribution in [-0.2, 0) is 6.61 Å². The average Bonchev–Trinajstić information content (AvgIpc) is 2.64. The van der Waals surface area contributed by atoms with Crippen LogP contribution in [0.3, 0.4) is 0 Å². The predicted molar refractivity (Wildman–Crippen MR) is 95.8 cm³/mol. The van der Waals surface area contributed by atoms with Gasteiger partial charge in [0.25, 0.3) is 5.91 Å². The molecular weight excluding hydrogens is 316 g/mol. The van der Waals surface area contributed by atoms with Crippen molar-refractivity contribution in [3.05, 3.63) is 83.7 Å². The number of carbonyl (C=O) groups is 1. The van der Waals surface area contributed by atoms with Gasteiger partial charge in [0.05, 0.1) is 6.61 Å². The van der Waals surface area contributed by atoms with E-state index in [2.05, 4.69) is 10.3 Å². The second kappa shape index (κ2) is 7.59. The van der Waals surface area contributed by atoms with E-state index in [1.807, 2.05) is 49.4 Å². The summed E-state index contributed by atoms with van der Waals surface area (Å²) in [5.74, 6) is 0.885. The molecule has 5 heteroatoms. The molecule has 5 nitrogen and oxygen atoms in total. The Hall–Kier alpha value is -3.18. The zero-order valence-corrected chi connectivity index (χ0v) is 13.8. The number of anilines is 1. The first-order chi connectivity index (χ1) is 12.2. The van der Waals surface area contributed by atoms with Crippen LogP contribution >= 0.6 is 0 Å². The second-order valence-electron chi connectivity index (χ2n) is 5.55. The minimum absolute atomic E-state index is 0.0815. The number of aryl methyl sites for hydroxylation is 1. The third-order valence-corrected chi connectivity index (χ3v) is 3.68. The summed E-state index contributed by atoms with van der Waals surface area (Å²) in [6, 6.07) is 18.0. The number of para-hydroxylation sites is 1. The Kier molecular flexibility index (Phi) is 5.06. The number of amides is 1. The number of nitrogens with one attached hydrogen (secondary N) is 1. The first-order valence-corrected chi connectivity index (χ1v) is 7.86. The molecule has 0 atom stereocenters. The highest BCUT2D eigenvalue weighted by Crippen LogP contribution is 2.22. The van der Waals surface area contributed by atoms with Crippen molar-refractivity contribution in [2.45, 2.75) is 13.5 Å². The van der Waals surface area contributed by atoms with E-state index >= 15 is 0 Å². The number of benzene rings is 2. The molecular formula is C20H18N2O3. The van der Waals surface area contributed by atoms with Gasteiger partial charge in [-0.25, -0.2) is 0 Å². The highest BCUT2D eigenvalue weighted by atomic mass is 16.5. The smallest absolute Gasteiger partial charge is 0.274 e. The van der Waals surface area contributed by atoms with Crippen molar-refractivity contribution in [1.82, 2.24) is 4.98 Å². The Labute approximate surface area is 145 Å². The molecule has 3 aromatic rings. The Balaban J connectivity index is 1.78. The highest BCUT2D eigenvalue weighted by molar-refractivity contribution is 6.03. The number of hydrogen-bond donors (Lipinski definition) is 2. The van der Waals surface area contributed by atoms with Crippen molar-refractivity contribution < 1.29 is 14.6 Å². The van der Waals surface area contributed by atoms with E-state index in [1.54, 1.807) is 18.2 Å². The number of ether oxygens (including phenoxy) is 1. The maximum Gasteiger partial charge on any atom is 0.274 e. The summed E-state index contributed by atoms with van der Waals surface area (Å²) in [6.45, 7) is 1.81. The van der Waals surface area contributed by atoms with E-state index in [0.29, 0.717) is 17.2 Å². The summed E-state index contributed by atoms with van der Waals surface area (Å²) < 4.78 is 5.73. The van der Waals surface area contributed by atoms with Crippen molar-refractivity contribution in [2.24, 2.45) is 0 Å². The van der Waals surface area contributed by atoms with Gasteiger partial charge in [-0.2, -0.15) is 0 Å². The van der Waals surface area contributed by atoms with Gasteiger partial charge in [-0.15, -0.1) is 0 Å². The van der Waals surface area contributed by atoms with Crippen LogP contribution in [0.15, 0.2) is 66.9 Å². The van der Waals surface area contributed by atoms with Crippen LogP contribution in [0.4, 0.5) is 5.69 Å². The topological polar surface area (TPSA) is 71.5 Å². The van der Waals surface area contributed by atoms with Crippen molar-refractivity contribution in [3.8, 4) is 11.5 Å². The minimum Gasteiger partial charge on any atom is -0.457 e. The fraction of sp³-hybridized carbons (Fsp3) is 0.100. The Morgan fingerprint density at radius 1 is 1.08 bits per heavy atom. The third kappa shape index (κ3) is 4.22. The van der Waals surface area contributed by atoms with Crippen molar-refractivity contribution in [3.63, 3.8) is 0 Å². The van der Waals surface area contributed by atoms with Gasteiger partial charge in [0, 0.05) is 18.0 Å². The molecule has 0 fully saturated rings. The Morgan fingerprint density at radius 2 is 1.88 bits per heavy atom. The summed E-state index contributed by atoms with van der Waals surface area (Å²) >= 11 is 0. The predicted octanol–water partition coefficient (Wildman–Crippen LogP) is 3.93. The molecule has 0 saturated carbocycles. The van der Waals surface area contributed by atoms with Gasteiger partial charge in [-0.3, -0.25) is 9.78 Å². The Morgan fingerprint density at radius 3 is 2.64 bits per heavy atom. The molecule has 1 amide bonds. The molecule has 25 heavy (non-hydrogen) atoms. The van der Waals surface area contributed by atoms with Gasteiger partial charge >= 0.3 is 0 Å². The number of aromatic nitrogens is 1. The number of hydrogen-bond acceptors (Lipinski definition) is 4. The number of carbonyl (C=O) groups excluding carboxylic acids is 1. The van der Waals surface area contributed by atoms with Gasteiger partial charge < -0.3 is 15.2 Å². The van der Waals surface area contributed by atoms with E-state index in [-0.39, 0.29) is 18.2 Å². The molecule has 0 saturated heterocycles. The van der Waals surface area contributed by atoms with E-state index < -0.39 is 0 Å². The lowest BCUT2D eigenvalue weighted by atomic mass is 10.1. The molecule has 0 unspecified atom stereocenters. The number of aliphatic hydroxyl groups is 1. The highest BCUT2D eigenvalue weighted by Gasteiger charge is 2.11. The molecule has 1 aromatic heterocycles. The number of aliphatic hydroxyl groups excluding tert-OH is 1. The molecule has 1 heterocycles. The molecule has 2 N–H and O–H groups in total. The lowest BCUT2D eigenvalue weighted by molar-refractivity contribution is 0.102. The fourth-order valence-electron chi connectivity index (χ4n) is 2.31. The van der Waals surface area contributed by atoms with Gasteiger partial charge in [0.1, 0.15) is 17.2 Å². The van der Waals surface area contributed by atoms with Crippen LogP contribution in [0, 0.1) is 6.92 Å². The van der Waals surface area contributed by atoms with Gasteiger partial charge in [-0.1, -0.05) is 30.3 Å². The number of pyridine rings is 1. The third-order valence-electron chi connectivity index (χ3n) is 3.68. The normalized spacial score (nSPS) is 10.3. The summed E-state index contributed by atoms with van der Waals surface area (Å²) in [6.07, 6.45) is 1.53. The first-order valence-electron chi connectivity index (χ1n) is 7.86. The summed E-state index contributed by atoms with van der Waals surface area (Å²) in [7, 11) is 0. The van der Waals surface area contributed by atoms with E-state index in [4.69, 9.17) is 4.74 Å². The standard InChI is InChI=1S/C20H18N2O3/c1-14-7-8-15(13-23)11-18(14)22-20(24)19-12-17(9-10-21-19)25-16-5-3-2-4-6-16/h2-12,23H,13H2,1H3,(H,22,24). The molecule has 0 spiro atoms. The van der Waals surface area contributed by atoms with Crippen molar-refractivity contribution in [2.75, 3.05) is 5.32 Å². The van der Waals surface area contributed by atoms with Gasteiger partial charge in [-0.05, 0) is 42.3 Å². The summed E-state index contributed by atoms with van der Waals surface area (Å²) in [5, 5.41) is 12.1. The number of nitrogens with zero attached hydrogens (tertiary/aromatic N) is 1. The van der Waals surface area contributed by atoms with Crippen LogP contribution < -0.4 is 10.1 Å². The summed E-state index contributed by atoms with van der Waals surface area (Å²) in [4.78, 5) is 16.6. The zero-order valence-electron chi connectivity index (χ0n) is 13.8. The maximum absolute atomic E-state index is 12.5. The SMILES string of the molecule is Cc1ccc(CO)cc1NC(=O)c1cc(Oc2ccccc2)ccn1. The molecule has 126 valence electrons. The van der Waals surface area contributed by atoms with Crippen molar-refractivity contribution in [1.29, 1.82) is 0 Å². The Bertz CT molecular complexity index is 879. The second-order valence-corrected chi connectivity index (χ2v) is 5.55. The van der Waals surface area contributed by atoms with Gasteiger partial charge in [0.15, 0.2) is 0 Å². The lowest BCUT2D eigenvalue weighted by Gasteiger charge is -2.10. The van der Waals surface area contributed by atoms with Crippen LogP contribution in [0.2, 0.25) is 0 Å². The monoisotopic (exact) mass is 334 g/mol. The van der Waals surface area contributed by atoms with Crippen LogP contribution in [0.25, 0.3) is 0 Å². The van der Waals surface area contributed by atoms with Crippen LogP contribution in [-0.4, -0.2) is 16.0 Å². The van der Waals surface area contributed by atoms with Crippen molar-refractivity contribution >= 4 is 11.6 Å². The zero-order chi connectivity index (χ0) is 17.6. The molecule has 0 aliphatic heterocycles. The average molecular weight is 334 g/mol. The molecule has 0 aliphatic carbocycles. The van der Waals surface area contributed by atoms with E-state index in [9.17, 15) is 9.90 Å². The summed E-state index contributed by atoms with van der Waals surface area (Å²) in [5.41, 5.74) is 2.53. The van der Waals surface area contributed by atoms with E-state index in [1.165, 1.54) is 6.20 Å². The molecule has 2 aromatic carbocycles. The quantitative estimate of drug-likeness (QED) is 0.742. The first kappa shape index (κ1) is 16.7. The fourth-order valence-corrected chi connectivity index (χ4v) is 2.31. The van der Waals surface area contributed by atoms with Crippen LogP contribution in [0.1, 0.15) is 21.6 Å². The van der Waals surface area contributed by atoms with Crippen LogP contribution in [0.5, 0.6) is 11.5 Å². The lowest BCUT2D eigenvalue weighted by Crippen LogP contribution is -2.14. The van der Waals surface area contributed by atoms with Gasteiger partial charge in [0.2, 0.25) is 0 Å². The molecule has 0 aliphatic rings. The minimum atomic E-state index is -0.336. The molecule has 3 rings (SSSR count). The number of rotatable bonds is 5. The maximum atomic E-state index is 12.5. The molecule has 0 bridgehead atoms. The van der Waals surface area contributed by atoms with E-state index in [0.717, 1.165) is 11.1 Å². The molecule has 0 radical (unpaired) electrons.